The molecule has 0 aliphatic heterocycles. The van der Waals surface area contributed by atoms with Crippen LogP contribution in [0.4, 0.5) is 0 Å². The van der Waals surface area contributed by atoms with E-state index >= 15 is 0 Å². The largest absolute Gasteiger partial charge is 0.453 e. The smallest absolute Gasteiger partial charge is 0.348 e. The Morgan fingerprint density at radius 2 is 2.00 bits per heavy atom. The number of benzene rings is 1. The van der Waals surface area contributed by atoms with Gasteiger partial charge in [0.2, 0.25) is 5.78 Å². The number of esters is 1. The van der Waals surface area contributed by atoms with Gasteiger partial charge in [0.15, 0.2) is 12.4 Å². The van der Waals surface area contributed by atoms with Gasteiger partial charge < -0.3 is 9.15 Å². The molecule has 0 atom stereocenters. The Balaban J connectivity index is 1.68. The maximum atomic E-state index is 11.9. The van der Waals surface area contributed by atoms with E-state index in [2.05, 4.69) is 0 Å². The summed E-state index contributed by atoms with van der Waals surface area (Å²) in [7, 11) is 0. The van der Waals surface area contributed by atoms with Crippen molar-refractivity contribution in [3.05, 3.63) is 58.5 Å². The summed E-state index contributed by atoms with van der Waals surface area (Å²) >= 11 is 1.27. The lowest BCUT2D eigenvalue weighted by molar-refractivity contribution is 0.0473. The molecule has 0 aliphatic carbocycles. The van der Waals surface area contributed by atoms with E-state index in [0.717, 1.165) is 5.39 Å². The molecule has 0 saturated heterocycles. The van der Waals surface area contributed by atoms with E-state index in [0.29, 0.717) is 10.5 Å². The topological polar surface area (TPSA) is 56.5 Å². The fourth-order valence-corrected chi connectivity index (χ4v) is 2.40. The van der Waals surface area contributed by atoms with Crippen molar-refractivity contribution in [2.45, 2.75) is 0 Å². The molecule has 0 N–H and O–H groups in total. The molecule has 0 radical (unpaired) electrons. The van der Waals surface area contributed by atoms with Gasteiger partial charge in [0.25, 0.3) is 0 Å². The number of rotatable bonds is 4. The summed E-state index contributed by atoms with van der Waals surface area (Å²) in [6, 6.07) is 12.4. The first kappa shape index (κ1) is 12.6. The molecule has 0 spiro atoms. The first-order valence-electron chi connectivity index (χ1n) is 5.96. The molecule has 0 bridgehead atoms. The van der Waals surface area contributed by atoms with Gasteiger partial charge in [-0.25, -0.2) is 4.79 Å². The average Bonchev–Trinajstić information content (AvgIpc) is 3.12. The lowest BCUT2D eigenvalue weighted by Gasteiger charge is -2.00. The summed E-state index contributed by atoms with van der Waals surface area (Å²) in [5, 5.41) is 2.62. The molecule has 0 aliphatic rings. The Morgan fingerprint density at radius 1 is 1.15 bits per heavy atom. The third-order valence-electron chi connectivity index (χ3n) is 2.76. The number of para-hydroxylation sites is 1. The molecule has 20 heavy (non-hydrogen) atoms. The number of hydrogen-bond acceptors (Lipinski definition) is 5. The molecule has 1 aromatic carbocycles. The van der Waals surface area contributed by atoms with Gasteiger partial charge in [0.1, 0.15) is 10.5 Å². The molecule has 100 valence electrons. The molecule has 5 heteroatoms. The lowest BCUT2D eigenvalue weighted by Crippen LogP contribution is -2.12. The summed E-state index contributed by atoms with van der Waals surface area (Å²) in [4.78, 5) is 24.0. The van der Waals surface area contributed by atoms with E-state index in [1.807, 2.05) is 18.2 Å². The molecule has 2 aromatic heterocycles. The molecule has 0 unspecified atom stereocenters. The number of hydrogen-bond donors (Lipinski definition) is 0. The van der Waals surface area contributed by atoms with Gasteiger partial charge in [-0.3, -0.25) is 4.79 Å². The lowest BCUT2D eigenvalue weighted by atomic mass is 10.2. The Morgan fingerprint density at radius 3 is 2.75 bits per heavy atom. The van der Waals surface area contributed by atoms with Crippen molar-refractivity contribution in [3.8, 4) is 0 Å². The second-order valence-electron chi connectivity index (χ2n) is 4.13. The van der Waals surface area contributed by atoms with Crippen LogP contribution in [0.2, 0.25) is 0 Å². The zero-order valence-electron chi connectivity index (χ0n) is 10.4. The summed E-state index contributed by atoms with van der Waals surface area (Å²) in [5.74, 6) is -0.652. The van der Waals surface area contributed by atoms with Crippen molar-refractivity contribution in [1.82, 2.24) is 0 Å². The Bertz CT molecular complexity index is 722. The van der Waals surface area contributed by atoms with Crippen molar-refractivity contribution in [1.29, 1.82) is 0 Å². The van der Waals surface area contributed by atoms with Crippen LogP contribution in [0.5, 0.6) is 0 Å². The molecular weight excluding hydrogens is 276 g/mol. The van der Waals surface area contributed by atoms with Crippen LogP contribution >= 0.6 is 11.3 Å². The number of carbonyl (C=O) groups is 2. The van der Waals surface area contributed by atoms with Crippen LogP contribution in [-0.2, 0) is 4.74 Å². The van der Waals surface area contributed by atoms with Crippen LogP contribution in [0.3, 0.4) is 0 Å². The summed E-state index contributed by atoms with van der Waals surface area (Å²) in [6.07, 6.45) is 0. The first-order chi connectivity index (χ1) is 9.74. The minimum absolute atomic E-state index is 0.199. The fourth-order valence-electron chi connectivity index (χ4n) is 1.79. The molecule has 2 heterocycles. The van der Waals surface area contributed by atoms with Gasteiger partial charge in [-0.2, -0.15) is 0 Å². The van der Waals surface area contributed by atoms with Gasteiger partial charge in [0.05, 0.1) is 0 Å². The predicted octanol–water partition coefficient (Wildman–Crippen LogP) is 3.53. The van der Waals surface area contributed by atoms with Crippen molar-refractivity contribution >= 4 is 34.1 Å². The number of ether oxygens (including phenoxy) is 1. The molecule has 0 fully saturated rings. The average molecular weight is 286 g/mol. The van der Waals surface area contributed by atoms with E-state index in [1.165, 1.54) is 11.3 Å². The quantitative estimate of drug-likeness (QED) is 0.544. The minimum atomic E-state index is -0.496. The number of furan rings is 1. The van der Waals surface area contributed by atoms with Crippen molar-refractivity contribution in [2.75, 3.05) is 6.61 Å². The van der Waals surface area contributed by atoms with E-state index < -0.39 is 5.97 Å². The molecule has 4 nitrogen and oxygen atoms in total. The van der Waals surface area contributed by atoms with Gasteiger partial charge >= 0.3 is 5.97 Å². The maximum Gasteiger partial charge on any atom is 0.348 e. The van der Waals surface area contributed by atoms with Crippen LogP contribution in [0, 0.1) is 0 Å². The predicted molar refractivity (Wildman–Crippen MR) is 75.1 cm³/mol. The number of Topliss-reactive ketones (excluding diaryl/α,β-unsaturated/α-hetero) is 1. The number of thiophene rings is 1. The van der Waals surface area contributed by atoms with Crippen LogP contribution in [0.1, 0.15) is 20.2 Å². The highest BCUT2D eigenvalue weighted by molar-refractivity contribution is 7.11. The van der Waals surface area contributed by atoms with Gasteiger partial charge in [-0.15, -0.1) is 11.3 Å². The third-order valence-corrected chi connectivity index (χ3v) is 3.61. The third kappa shape index (κ3) is 2.48. The number of ketones is 1. The van der Waals surface area contributed by atoms with Crippen molar-refractivity contribution in [3.63, 3.8) is 0 Å². The van der Waals surface area contributed by atoms with Crippen LogP contribution in [0.25, 0.3) is 11.0 Å². The molecule has 3 aromatic rings. The van der Waals surface area contributed by atoms with Gasteiger partial charge in [-0.1, -0.05) is 24.3 Å². The summed E-state index contributed by atoms with van der Waals surface area (Å²) in [6.45, 7) is -0.323. The Labute approximate surface area is 118 Å². The Hall–Kier alpha value is -2.40. The monoisotopic (exact) mass is 286 g/mol. The minimum Gasteiger partial charge on any atom is -0.453 e. The SMILES string of the molecule is O=C(COC(=O)c1cccs1)c1cc2ccccc2o1. The van der Waals surface area contributed by atoms with E-state index in [-0.39, 0.29) is 18.2 Å². The normalized spacial score (nSPS) is 10.6. The standard InChI is InChI=1S/C15H10O4S/c16-11(9-18-15(17)14-6-3-7-20-14)13-8-10-4-1-2-5-12(10)19-13/h1-8H,9H2. The zero-order valence-corrected chi connectivity index (χ0v) is 11.2. The fraction of sp³-hybridized carbons (Fsp3) is 0.0667. The molecule has 0 saturated carbocycles. The van der Waals surface area contributed by atoms with E-state index in [9.17, 15) is 9.59 Å². The van der Waals surface area contributed by atoms with Gasteiger partial charge in [-0.05, 0) is 23.6 Å². The van der Waals surface area contributed by atoms with Crippen molar-refractivity contribution in [2.24, 2.45) is 0 Å². The second-order valence-corrected chi connectivity index (χ2v) is 5.07. The Kier molecular flexibility index (Phi) is 3.35. The molecule has 3 rings (SSSR count). The van der Waals surface area contributed by atoms with Crippen molar-refractivity contribution < 1.29 is 18.7 Å². The summed E-state index contributed by atoms with van der Waals surface area (Å²) in [5.41, 5.74) is 0.639. The van der Waals surface area contributed by atoms with Crippen LogP contribution in [-0.4, -0.2) is 18.4 Å². The molecule has 0 amide bonds. The van der Waals surface area contributed by atoms with E-state index in [4.69, 9.17) is 9.15 Å². The number of fused-ring (bicyclic) bond motifs is 1. The first-order valence-corrected chi connectivity index (χ1v) is 6.84. The number of carbonyl (C=O) groups excluding carboxylic acids is 2. The highest BCUT2D eigenvalue weighted by Gasteiger charge is 2.15. The molecular formula is C15H10O4S. The van der Waals surface area contributed by atoms with Gasteiger partial charge in [0, 0.05) is 5.39 Å². The maximum absolute atomic E-state index is 11.9. The van der Waals surface area contributed by atoms with E-state index in [1.54, 1.807) is 29.6 Å². The highest BCUT2D eigenvalue weighted by Crippen LogP contribution is 2.19. The second kappa shape index (κ2) is 5.30. The van der Waals surface area contributed by atoms with Crippen LogP contribution in [0.15, 0.2) is 52.3 Å². The van der Waals surface area contributed by atoms with Crippen LogP contribution < -0.4 is 0 Å². The summed E-state index contributed by atoms with van der Waals surface area (Å²) < 4.78 is 10.4. The highest BCUT2D eigenvalue weighted by atomic mass is 32.1. The zero-order chi connectivity index (χ0) is 13.9.